The van der Waals surface area contributed by atoms with Gasteiger partial charge in [0.25, 0.3) is 5.56 Å². The van der Waals surface area contributed by atoms with E-state index in [0.717, 1.165) is 0 Å². The number of rotatable bonds is 2. The van der Waals surface area contributed by atoms with E-state index in [4.69, 9.17) is 17.3 Å². The molecule has 0 spiro atoms. The molecule has 0 saturated carbocycles. The Labute approximate surface area is 102 Å². The van der Waals surface area contributed by atoms with Crippen molar-refractivity contribution in [2.24, 2.45) is 0 Å². The maximum Gasteiger partial charge on any atom is 0.273 e. The SMILES string of the molecule is Nc1cccn(Cc2cccc(F)c2Cl)c1=O. The average Bonchev–Trinajstić information content (AvgIpc) is 2.31. The van der Waals surface area contributed by atoms with Crippen LogP contribution in [0.1, 0.15) is 5.56 Å². The number of halogens is 2. The van der Waals surface area contributed by atoms with Crippen molar-refractivity contribution >= 4 is 17.3 Å². The molecule has 1 heterocycles. The number of nitrogens with two attached hydrogens (primary N) is 1. The molecule has 1 aromatic carbocycles. The minimum Gasteiger partial charge on any atom is -0.394 e. The van der Waals surface area contributed by atoms with E-state index in [1.807, 2.05) is 0 Å². The molecular formula is C12H10ClFN2O. The van der Waals surface area contributed by atoms with Crippen LogP contribution in [-0.2, 0) is 6.54 Å². The van der Waals surface area contributed by atoms with Gasteiger partial charge in [0.15, 0.2) is 0 Å². The van der Waals surface area contributed by atoms with Crippen LogP contribution in [0.4, 0.5) is 10.1 Å². The van der Waals surface area contributed by atoms with E-state index in [1.54, 1.807) is 24.4 Å². The van der Waals surface area contributed by atoms with Gasteiger partial charge in [-0.2, -0.15) is 0 Å². The van der Waals surface area contributed by atoms with Crippen LogP contribution in [0.15, 0.2) is 41.3 Å². The molecule has 0 aliphatic rings. The fraction of sp³-hybridized carbons (Fsp3) is 0.0833. The van der Waals surface area contributed by atoms with Gasteiger partial charge in [-0.25, -0.2) is 4.39 Å². The molecule has 88 valence electrons. The van der Waals surface area contributed by atoms with E-state index in [0.29, 0.717) is 5.56 Å². The smallest absolute Gasteiger partial charge is 0.273 e. The summed E-state index contributed by atoms with van der Waals surface area (Å²) in [6.45, 7) is 0.195. The summed E-state index contributed by atoms with van der Waals surface area (Å²) in [5.74, 6) is -0.499. The maximum atomic E-state index is 13.2. The molecule has 17 heavy (non-hydrogen) atoms. The number of aromatic nitrogens is 1. The van der Waals surface area contributed by atoms with Crippen molar-refractivity contribution in [3.05, 3.63) is 63.3 Å². The molecule has 0 bridgehead atoms. The van der Waals surface area contributed by atoms with Gasteiger partial charge in [0.1, 0.15) is 5.82 Å². The zero-order valence-corrected chi connectivity index (χ0v) is 9.62. The van der Waals surface area contributed by atoms with Gasteiger partial charge in [0, 0.05) is 6.20 Å². The number of anilines is 1. The van der Waals surface area contributed by atoms with Crippen molar-refractivity contribution in [3.8, 4) is 0 Å². The van der Waals surface area contributed by atoms with Gasteiger partial charge in [-0.3, -0.25) is 4.79 Å². The molecule has 3 nitrogen and oxygen atoms in total. The lowest BCUT2D eigenvalue weighted by molar-refractivity contribution is 0.623. The molecule has 5 heteroatoms. The van der Waals surface area contributed by atoms with E-state index >= 15 is 0 Å². The molecule has 0 aliphatic carbocycles. The predicted molar refractivity (Wildman–Crippen MR) is 65.6 cm³/mol. The van der Waals surface area contributed by atoms with Gasteiger partial charge in [-0.05, 0) is 23.8 Å². The second-order valence-corrected chi connectivity index (χ2v) is 3.99. The first-order valence-electron chi connectivity index (χ1n) is 4.97. The number of nitrogen functional groups attached to an aromatic ring is 1. The molecular weight excluding hydrogens is 243 g/mol. The number of hydrogen-bond acceptors (Lipinski definition) is 2. The van der Waals surface area contributed by atoms with Gasteiger partial charge in [0.05, 0.1) is 17.3 Å². The zero-order chi connectivity index (χ0) is 12.4. The molecule has 0 unspecified atom stereocenters. The molecule has 2 N–H and O–H groups in total. The van der Waals surface area contributed by atoms with Gasteiger partial charge in [0.2, 0.25) is 0 Å². The molecule has 0 aliphatic heterocycles. The van der Waals surface area contributed by atoms with E-state index in [-0.39, 0.29) is 22.8 Å². The minimum absolute atomic E-state index is 0.0295. The summed E-state index contributed by atoms with van der Waals surface area (Å²) in [6, 6.07) is 7.67. The second-order valence-electron chi connectivity index (χ2n) is 3.61. The van der Waals surface area contributed by atoms with E-state index in [9.17, 15) is 9.18 Å². The highest BCUT2D eigenvalue weighted by molar-refractivity contribution is 6.31. The average molecular weight is 253 g/mol. The van der Waals surface area contributed by atoms with Crippen LogP contribution in [-0.4, -0.2) is 4.57 Å². The number of hydrogen-bond donors (Lipinski definition) is 1. The maximum absolute atomic E-state index is 13.2. The lowest BCUT2D eigenvalue weighted by Crippen LogP contribution is -2.22. The van der Waals surface area contributed by atoms with Crippen molar-refractivity contribution in [1.29, 1.82) is 0 Å². The first-order valence-corrected chi connectivity index (χ1v) is 5.35. The Balaban J connectivity index is 2.42. The van der Waals surface area contributed by atoms with Crippen LogP contribution in [0.3, 0.4) is 0 Å². The van der Waals surface area contributed by atoms with Gasteiger partial charge >= 0.3 is 0 Å². The first kappa shape index (κ1) is 11.7. The summed E-state index contributed by atoms with van der Waals surface area (Å²) in [4.78, 5) is 11.7. The lowest BCUT2D eigenvalue weighted by atomic mass is 10.2. The molecule has 2 aromatic rings. The summed E-state index contributed by atoms with van der Waals surface area (Å²) in [5.41, 5.74) is 5.88. The van der Waals surface area contributed by atoms with Crippen molar-refractivity contribution < 1.29 is 4.39 Å². The van der Waals surface area contributed by atoms with E-state index in [1.165, 1.54) is 16.7 Å². The van der Waals surface area contributed by atoms with Crippen molar-refractivity contribution in [1.82, 2.24) is 4.57 Å². The third-order valence-electron chi connectivity index (χ3n) is 2.42. The molecule has 2 rings (SSSR count). The summed E-state index contributed by atoms with van der Waals surface area (Å²) in [7, 11) is 0. The molecule has 0 saturated heterocycles. The Bertz CT molecular complexity index is 610. The standard InChI is InChI=1S/C12H10ClFN2O/c13-11-8(3-1-4-9(11)14)7-16-6-2-5-10(15)12(16)17/h1-6H,7,15H2. The molecule has 0 amide bonds. The van der Waals surface area contributed by atoms with Crippen LogP contribution in [0.25, 0.3) is 0 Å². The summed E-state index contributed by atoms with van der Waals surface area (Å²) < 4.78 is 14.6. The van der Waals surface area contributed by atoms with Crippen LogP contribution in [0, 0.1) is 5.82 Å². The lowest BCUT2D eigenvalue weighted by Gasteiger charge is -2.08. The summed E-state index contributed by atoms with van der Waals surface area (Å²) in [5, 5.41) is 0.0295. The largest absolute Gasteiger partial charge is 0.394 e. The Morgan fingerprint density at radius 1 is 1.29 bits per heavy atom. The second kappa shape index (κ2) is 4.59. The third kappa shape index (κ3) is 2.31. The topological polar surface area (TPSA) is 48.0 Å². The highest BCUT2D eigenvalue weighted by Gasteiger charge is 2.07. The van der Waals surface area contributed by atoms with Gasteiger partial charge in [-0.15, -0.1) is 0 Å². The van der Waals surface area contributed by atoms with E-state index < -0.39 is 5.82 Å². The summed E-state index contributed by atoms with van der Waals surface area (Å²) in [6.07, 6.45) is 1.58. The quantitative estimate of drug-likeness (QED) is 0.891. The Hall–Kier alpha value is -1.81. The van der Waals surface area contributed by atoms with Crippen LogP contribution < -0.4 is 11.3 Å². The molecule has 0 fully saturated rings. The number of benzene rings is 1. The number of pyridine rings is 1. The van der Waals surface area contributed by atoms with Crippen molar-refractivity contribution in [2.75, 3.05) is 5.73 Å². The summed E-state index contributed by atoms with van der Waals surface area (Å²) >= 11 is 5.81. The third-order valence-corrected chi connectivity index (χ3v) is 2.85. The Morgan fingerprint density at radius 2 is 2.06 bits per heavy atom. The monoisotopic (exact) mass is 252 g/mol. The van der Waals surface area contributed by atoms with Crippen LogP contribution in [0.5, 0.6) is 0 Å². The van der Waals surface area contributed by atoms with Crippen LogP contribution in [0.2, 0.25) is 5.02 Å². The van der Waals surface area contributed by atoms with Gasteiger partial charge in [-0.1, -0.05) is 23.7 Å². The number of nitrogens with zero attached hydrogens (tertiary/aromatic N) is 1. The van der Waals surface area contributed by atoms with Crippen molar-refractivity contribution in [3.63, 3.8) is 0 Å². The first-order chi connectivity index (χ1) is 8.09. The fourth-order valence-electron chi connectivity index (χ4n) is 1.53. The molecule has 0 atom stereocenters. The molecule has 0 radical (unpaired) electrons. The highest BCUT2D eigenvalue weighted by atomic mass is 35.5. The van der Waals surface area contributed by atoms with E-state index in [2.05, 4.69) is 0 Å². The highest BCUT2D eigenvalue weighted by Crippen LogP contribution is 2.20. The van der Waals surface area contributed by atoms with Crippen LogP contribution >= 0.6 is 11.6 Å². The normalized spacial score (nSPS) is 10.5. The molecule has 1 aromatic heterocycles. The zero-order valence-electron chi connectivity index (χ0n) is 8.86. The van der Waals surface area contributed by atoms with Gasteiger partial charge < -0.3 is 10.3 Å². The predicted octanol–water partition coefficient (Wildman–Crippen LogP) is 2.27. The minimum atomic E-state index is -0.499. The fourth-order valence-corrected chi connectivity index (χ4v) is 1.72. The Morgan fingerprint density at radius 3 is 2.82 bits per heavy atom. The Kier molecular flexibility index (Phi) is 3.15. The van der Waals surface area contributed by atoms with Crippen molar-refractivity contribution in [2.45, 2.75) is 6.54 Å².